The molecule has 1 aromatic carbocycles. The van der Waals surface area contributed by atoms with E-state index in [-0.39, 0.29) is 21.3 Å². The lowest BCUT2D eigenvalue weighted by molar-refractivity contribution is 0.0697. The van der Waals surface area contributed by atoms with Gasteiger partial charge in [0.05, 0.1) is 21.3 Å². The molecule has 0 atom stereocenters. The highest BCUT2D eigenvalue weighted by Gasteiger charge is 2.15. The summed E-state index contributed by atoms with van der Waals surface area (Å²) in [6.07, 6.45) is 0. The number of anilines is 2. The van der Waals surface area contributed by atoms with Crippen molar-refractivity contribution >= 4 is 57.4 Å². The van der Waals surface area contributed by atoms with E-state index in [4.69, 9.17) is 28.3 Å². The summed E-state index contributed by atoms with van der Waals surface area (Å²) in [5, 5.41) is 21.2. The first-order chi connectivity index (χ1) is 9.47. The second kappa shape index (κ2) is 6.04. The fourth-order valence-electron chi connectivity index (χ4n) is 1.29. The number of carboxylic acid groups (broad SMARTS) is 1. The molecule has 0 aliphatic carbocycles. The third-order valence-electron chi connectivity index (χ3n) is 2.11. The maximum absolute atomic E-state index is 11.7. The van der Waals surface area contributed by atoms with Gasteiger partial charge in [-0.15, -0.1) is 10.2 Å². The first kappa shape index (κ1) is 14.5. The number of carbonyl (C=O) groups is 2. The van der Waals surface area contributed by atoms with E-state index in [2.05, 4.69) is 20.8 Å². The lowest BCUT2D eigenvalue weighted by Crippen LogP contribution is -2.20. The quantitative estimate of drug-likeness (QED) is 0.800. The number of hydrogen-bond acceptors (Lipinski definition) is 5. The minimum Gasteiger partial charge on any atom is -0.478 e. The number of rotatable bonds is 3. The van der Waals surface area contributed by atoms with Gasteiger partial charge in [-0.3, -0.25) is 5.32 Å². The number of aromatic carboxylic acids is 1. The summed E-state index contributed by atoms with van der Waals surface area (Å²) in [4.78, 5) is 22.5. The fraction of sp³-hybridized carbons (Fsp3) is 0. The van der Waals surface area contributed by atoms with Gasteiger partial charge in [-0.1, -0.05) is 34.5 Å². The van der Waals surface area contributed by atoms with Crippen LogP contribution in [0.3, 0.4) is 0 Å². The van der Waals surface area contributed by atoms with Crippen LogP contribution < -0.4 is 10.6 Å². The van der Waals surface area contributed by atoms with Gasteiger partial charge >= 0.3 is 12.0 Å². The highest BCUT2D eigenvalue weighted by Crippen LogP contribution is 2.32. The number of nitrogens with zero attached hydrogens (tertiary/aromatic N) is 2. The van der Waals surface area contributed by atoms with E-state index in [0.29, 0.717) is 5.13 Å². The number of aromatic nitrogens is 2. The van der Waals surface area contributed by atoms with Crippen LogP contribution in [0.1, 0.15) is 10.4 Å². The third kappa shape index (κ3) is 3.35. The van der Waals surface area contributed by atoms with Crippen molar-refractivity contribution in [1.29, 1.82) is 0 Å². The van der Waals surface area contributed by atoms with E-state index < -0.39 is 12.0 Å². The van der Waals surface area contributed by atoms with Crippen molar-refractivity contribution in [2.75, 3.05) is 10.6 Å². The molecule has 7 nitrogen and oxygen atoms in total. The molecule has 0 unspecified atom stereocenters. The second-order valence-electron chi connectivity index (χ2n) is 3.44. The molecule has 2 rings (SSSR count). The van der Waals surface area contributed by atoms with Crippen LogP contribution in [-0.4, -0.2) is 27.3 Å². The van der Waals surface area contributed by atoms with Crippen LogP contribution in [0.5, 0.6) is 0 Å². The molecule has 3 N–H and O–H groups in total. The van der Waals surface area contributed by atoms with Crippen molar-refractivity contribution in [3.05, 3.63) is 33.3 Å². The van der Waals surface area contributed by atoms with Crippen molar-refractivity contribution in [2.45, 2.75) is 0 Å². The van der Waals surface area contributed by atoms with E-state index in [0.717, 1.165) is 11.3 Å². The van der Waals surface area contributed by atoms with Crippen LogP contribution in [0.2, 0.25) is 10.0 Å². The van der Waals surface area contributed by atoms with Crippen molar-refractivity contribution in [3.63, 3.8) is 0 Å². The first-order valence-electron chi connectivity index (χ1n) is 5.04. The number of urea groups is 1. The van der Waals surface area contributed by atoms with Gasteiger partial charge in [-0.05, 0) is 12.1 Å². The summed E-state index contributed by atoms with van der Waals surface area (Å²) in [6.45, 7) is 0. The van der Waals surface area contributed by atoms with Crippen LogP contribution >= 0.6 is 34.5 Å². The molecule has 1 aromatic heterocycles. The van der Waals surface area contributed by atoms with Gasteiger partial charge in [0.1, 0.15) is 5.51 Å². The Bertz CT molecular complexity index is 640. The summed E-state index contributed by atoms with van der Waals surface area (Å²) in [6, 6.07) is 1.76. The Morgan fingerprint density at radius 2 is 1.85 bits per heavy atom. The molecule has 20 heavy (non-hydrogen) atoms. The monoisotopic (exact) mass is 332 g/mol. The summed E-state index contributed by atoms with van der Waals surface area (Å²) in [5.74, 6) is -1.17. The van der Waals surface area contributed by atoms with Crippen molar-refractivity contribution in [2.24, 2.45) is 0 Å². The van der Waals surface area contributed by atoms with E-state index in [1.54, 1.807) is 0 Å². The Labute approximate surface area is 126 Å². The second-order valence-corrected chi connectivity index (χ2v) is 5.09. The van der Waals surface area contributed by atoms with E-state index >= 15 is 0 Å². The first-order valence-corrected chi connectivity index (χ1v) is 6.67. The smallest absolute Gasteiger partial charge is 0.335 e. The minimum absolute atomic E-state index is 0.0160. The molecule has 10 heteroatoms. The number of hydrogen-bond donors (Lipinski definition) is 3. The molecule has 0 bridgehead atoms. The number of benzene rings is 1. The van der Waals surface area contributed by atoms with Crippen molar-refractivity contribution < 1.29 is 14.7 Å². The SMILES string of the molecule is O=C(Nc1nncs1)Nc1c(Cl)cc(C(=O)O)cc1Cl. The average molecular weight is 333 g/mol. The molecule has 0 aliphatic heterocycles. The molecule has 0 aliphatic rings. The summed E-state index contributed by atoms with van der Waals surface area (Å²) < 4.78 is 0. The number of nitrogens with one attached hydrogen (secondary N) is 2. The van der Waals surface area contributed by atoms with Crippen LogP contribution in [0.25, 0.3) is 0 Å². The van der Waals surface area contributed by atoms with Crippen LogP contribution in [0, 0.1) is 0 Å². The third-order valence-corrected chi connectivity index (χ3v) is 3.31. The molecule has 0 spiro atoms. The molecular formula is C10H6Cl2N4O3S. The molecular weight excluding hydrogens is 327 g/mol. The molecule has 2 aromatic rings. The number of amides is 2. The normalized spacial score (nSPS) is 10.1. The highest BCUT2D eigenvalue weighted by atomic mass is 35.5. The molecule has 0 radical (unpaired) electrons. The van der Waals surface area contributed by atoms with Gasteiger partial charge in [-0.2, -0.15) is 0 Å². The standard InChI is InChI=1S/C10H6Cl2N4O3S/c11-5-1-4(8(17)18)2-6(12)7(5)14-9(19)15-10-16-13-3-20-10/h1-3H,(H,17,18)(H2,14,15,16,19). The van der Waals surface area contributed by atoms with Gasteiger partial charge in [-0.25, -0.2) is 9.59 Å². The average Bonchev–Trinajstić information content (AvgIpc) is 2.86. The van der Waals surface area contributed by atoms with Crippen molar-refractivity contribution in [1.82, 2.24) is 10.2 Å². The van der Waals surface area contributed by atoms with Gasteiger partial charge in [0.2, 0.25) is 5.13 Å². The van der Waals surface area contributed by atoms with Crippen LogP contribution in [-0.2, 0) is 0 Å². The lowest BCUT2D eigenvalue weighted by Gasteiger charge is -2.10. The maximum Gasteiger partial charge on any atom is 0.335 e. The maximum atomic E-state index is 11.7. The number of carbonyl (C=O) groups excluding carboxylic acids is 1. The summed E-state index contributed by atoms with van der Waals surface area (Å²) in [5.41, 5.74) is 1.49. The Balaban J connectivity index is 2.17. The number of carboxylic acids is 1. The number of halogens is 2. The summed E-state index contributed by atoms with van der Waals surface area (Å²) in [7, 11) is 0. The van der Waals surface area contributed by atoms with E-state index in [1.807, 2.05) is 0 Å². The fourth-order valence-corrected chi connectivity index (χ4v) is 2.31. The Morgan fingerprint density at radius 1 is 1.20 bits per heavy atom. The zero-order chi connectivity index (χ0) is 14.7. The predicted octanol–water partition coefficient (Wildman–Crippen LogP) is 3.19. The van der Waals surface area contributed by atoms with E-state index in [1.165, 1.54) is 17.6 Å². The molecule has 104 valence electrons. The molecule has 2 amide bonds. The van der Waals surface area contributed by atoms with Gasteiger partial charge in [0, 0.05) is 0 Å². The largest absolute Gasteiger partial charge is 0.478 e. The summed E-state index contributed by atoms with van der Waals surface area (Å²) >= 11 is 12.9. The lowest BCUT2D eigenvalue weighted by atomic mass is 10.2. The van der Waals surface area contributed by atoms with Crippen molar-refractivity contribution in [3.8, 4) is 0 Å². The molecule has 0 saturated carbocycles. The predicted molar refractivity (Wildman–Crippen MR) is 76.0 cm³/mol. The Morgan fingerprint density at radius 3 is 2.35 bits per heavy atom. The zero-order valence-electron chi connectivity index (χ0n) is 9.55. The van der Waals surface area contributed by atoms with E-state index in [9.17, 15) is 9.59 Å². The molecule has 0 saturated heterocycles. The Hall–Kier alpha value is -1.90. The van der Waals surface area contributed by atoms with Gasteiger partial charge in [0.15, 0.2) is 0 Å². The topological polar surface area (TPSA) is 104 Å². The Kier molecular flexibility index (Phi) is 4.38. The van der Waals surface area contributed by atoms with Crippen LogP contribution in [0.15, 0.2) is 17.6 Å². The zero-order valence-corrected chi connectivity index (χ0v) is 11.9. The van der Waals surface area contributed by atoms with Gasteiger partial charge < -0.3 is 10.4 Å². The molecule has 0 fully saturated rings. The highest BCUT2D eigenvalue weighted by molar-refractivity contribution is 7.13. The van der Waals surface area contributed by atoms with Gasteiger partial charge in [0.25, 0.3) is 0 Å². The molecule has 1 heterocycles. The minimum atomic E-state index is -1.17. The van der Waals surface area contributed by atoms with Crippen LogP contribution in [0.4, 0.5) is 15.6 Å².